The molecule has 1 unspecified atom stereocenters. The minimum Gasteiger partial charge on any atom is -0.313 e. The summed E-state index contributed by atoms with van der Waals surface area (Å²) in [6, 6.07) is 10.9. The molecule has 2 nitrogen and oxygen atoms in total. The molecule has 0 radical (unpaired) electrons. The molecule has 2 aromatic rings. The number of nitrogens with one attached hydrogen (secondary N) is 1. The second-order valence-electron chi connectivity index (χ2n) is 4.12. The molecular weight excluding hydrogens is 260 g/mol. The third kappa shape index (κ3) is 3.57. The fourth-order valence-electron chi connectivity index (χ4n) is 1.91. The van der Waals surface area contributed by atoms with E-state index in [9.17, 15) is 0 Å². The van der Waals surface area contributed by atoms with Crippen molar-refractivity contribution >= 4 is 23.1 Å². The van der Waals surface area contributed by atoms with E-state index in [4.69, 9.17) is 0 Å². The zero-order valence-electron chi connectivity index (χ0n) is 10.7. The second-order valence-corrected chi connectivity index (χ2v) is 5.93. The summed E-state index contributed by atoms with van der Waals surface area (Å²) in [5.41, 5.74) is 2.51. The fraction of sp³-hybridized carbons (Fsp3) is 0.357. The predicted molar refractivity (Wildman–Crippen MR) is 81.3 cm³/mol. The zero-order chi connectivity index (χ0) is 12.8. The Hall–Kier alpha value is -0.840. The molecule has 0 saturated heterocycles. The highest BCUT2D eigenvalue weighted by atomic mass is 32.2. The minimum absolute atomic E-state index is 0.343. The summed E-state index contributed by atoms with van der Waals surface area (Å²) < 4.78 is 0. The van der Waals surface area contributed by atoms with Crippen LogP contribution in [0.25, 0.3) is 0 Å². The van der Waals surface area contributed by atoms with Crippen LogP contribution in [0.2, 0.25) is 0 Å². The van der Waals surface area contributed by atoms with Gasteiger partial charge >= 0.3 is 0 Å². The molecule has 18 heavy (non-hydrogen) atoms. The van der Waals surface area contributed by atoms with Crippen LogP contribution >= 0.6 is 23.1 Å². The smallest absolute Gasteiger partial charge is 0.103 e. The van der Waals surface area contributed by atoms with Crippen LogP contribution in [0.3, 0.4) is 0 Å². The number of nitrogens with zero attached hydrogens (tertiary/aromatic N) is 1. The first-order valence-corrected chi connectivity index (χ1v) is 8.25. The zero-order valence-corrected chi connectivity index (χ0v) is 12.4. The fourth-order valence-corrected chi connectivity index (χ4v) is 3.44. The van der Waals surface area contributed by atoms with Crippen molar-refractivity contribution < 1.29 is 0 Å². The van der Waals surface area contributed by atoms with Gasteiger partial charge in [-0.25, -0.2) is 4.98 Å². The van der Waals surface area contributed by atoms with Crippen molar-refractivity contribution in [1.29, 1.82) is 0 Å². The lowest BCUT2D eigenvalue weighted by atomic mass is 10.0. The highest BCUT2D eigenvalue weighted by molar-refractivity contribution is 7.97. The van der Waals surface area contributed by atoms with E-state index in [-0.39, 0.29) is 0 Å². The Morgan fingerprint density at radius 1 is 1.33 bits per heavy atom. The maximum Gasteiger partial charge on any atom is 0.103 e. The first-order valence-electron chi connectivity index (χ1n) is 5.98. The minimum atomic E-state index is 0.343. The van der Waals surface area contributed by atoms with Crippen LogP contribution in [0.1, 0.15) is 22.3 Å². The molecule has 0 spiro atoms. The van der Waals surface area contributed by atoms with Crippen LogP contribution in [-0.4, -0.2) is 18.3 Å². The third-order valence-corrected chi connectivity index (χ3v) is 4.47. The van der Waals surface area contributed by atoms with Gasteiger partial charge in [0.2, 0.25) is 0 Å². The SMILES string of the molecule is CNC(Cc1csc(CSC)n1)c1ccccc1. The monoisotopic (exact) mass is 278 g/mol. The highest BCUT2D eigenvalue weighted by Gasteiger charge is 2.11. The molecule has 0 fully saturated rings. The Labute approximate surface area is 117 Å². The molecule has 0 aliphatic rings. The molecule has 1 aromatic heterocycles. The number of hydrogen-bond acceptors (Lipinski definition) is 4. The topological polar surface area (TPSA) is 24.9 Å². The summed E-state index contributed by atoms with van der Waals surface area (Å²) in [7, 11) is 2.01. The number of rotatable bonds is 6. The van der Waals surface area contributed by atoms with Crippen LogP contribution < -0.4 is 5.32 Å². The average molecular weight is 278 g/mol. The normalized spacial score (nSPS) is 12.6. The Morgan fingerprint density at radius 3 is 2.78 bits per heavy atom. The van der Waals surface area contributed by atoms with Crippen molar-refractivity contribution in [2.45, 2.75) is 18.2 Å². The van der Waals surface area contributed by atoms with Gasteiger partial charge in [0.05, 0.1) is 5.69 Å². The molecule has 1 aromatic carbocycles. The van der Waals surface area contributed by atoms with E-state index >= 15 is 0 Å². The summed E-state index contributed by atoms with van der Waals surface area (Å²) in [4.78, 5) is 4.67. The number of thioether (sulfide) groups is 1. The van der Waals surface area contributed by atoms with Crippen molar-refractivity contribution in [2.75, 3.05) is 13.3 Å². The number of benzene rings is 1. The summed E-state index contributed by atoms with van der Waals surface area (Å²) >= 11 is 3.58. The Balaban J connectivity index is 2.06. The van der Waals surface area contributed by atoms with E-state index < -0.39 is 0 Å². The van der Waals surface area contributed by atoms with Crippen molar-refractivity contribution in [3.05, 3.63) is 52.0 Å². The molecule has 4 heteroatoms. The lowest BCUT2D eigenvalue weighted by molar-refractivity contribution is 0.585. The number of hydrogen-bond donors (Lipinski definition) is 1. The molecule has 96 valence electrons. The maximum absolute atomic E-state index is 4.67. The van der Waals surface area contributed by atoms with Gasteiger partial charge in [-0.1, -0.05) is 30.3 Å². The highest BCUT2D eigenvalue weighted by Crippen LogP contribution is 2.21. The van der Waals surface area contributed by atoms with Crippen molar-refractivity contribution in [3.8, 4) is 0 Å². The van der Waals surface area contributed by atoms with Gasteiger partial charge in [0.15, 0.2) is 0 Å². The second kappa shape index (κ2) is 6.92. The van der Waals surface area contributed by atoms with Gasteiger partial charge < -0.3 is 5.32 Å². The molecule has 0 amide bonds. The van der Waals surface area contributed by atoms with Crippen LogP contribution in [0.15, 0.2) is 35.7 Å². The van der Waals surface area contributed by atoms with E-state index in [0.29, 0.717) is 6.04 Å². The molecule has 0 saturated carbocycles. The summed E-state index contributed by atoms with van der Waals surface area (Å²) in [6.45, 7) is 0. The number of thiazole rings is 1. The Bertz CT molecular complexity index is 468. The lowest BCUT2D eigenvalue weighted by Gasteiger charge is -2.15. The summed E-state index contributed by atoms with van der Waals surface area (Å²) in [6.07, 6.45) is 3.06. The van der Waals surface area contributed by atoms with Crippen LogP contribution in [-0.2, 0) is 12.2 Å². The van der Waals surface area contributed by atoms with E-state index in [1.807, 2.05) is 18.8 Å². The number of likely N-dealkylation sites (N-methyl/N-ethyl adjacent to an activating group) is 1. The molecule has 0 aliphatic carbocycles. The van der Waals surface area contributed by atoms with Crippen LogP contribution in [0, 0.1) is 0 Å². The molecule has 0 bridgehead atoms. The summed E-state index contributed by atoms with van der Waals surface area (Å²) in [5.74, 6) is 1.01. The van der Waals surface area contributed by atoms with Gasteiger partial charge in [0, 0.05) is 23.6 Å². The Kier molecular flexibility index (Phi) is 5.23. The van der Waals surface area contributed by atoms with E-state index in [2.05, 4.69) is 52.3 Å². The van der Waals surface area contributed by atoms with Gasteiger partial charge in [0.1, 0.15) is 5.01 Å². The van der Waals surface area contributed by atoms with Crippen molar-refractivity contribution in [2.24, 2.45) is 0 Å². The molecule has 0 aliphatic heterocycles. The Morgan fingerprint density at radius 2 is 2.11 bits per heavy atom. The third-order valence-electron chi connectivity index (χ3n) is 2.83. The van der Waals surface area contributed by atoms with E-state index in [0.717, 1.165) is 12.2 Å². The van der Waals surface area contributed by atoms with Crippen LogP contribution in [0.4, 0.5) is 0 Å². The molecule has 1 heterocycles. The van der Waals surface area contributed by atoms with Gasteiger partial charge in [-0.3, -0.25) is 0 Å². The van der Waals surface area contributed by atoms with E-state index in [1.165, 1.54) is 16.3 Å². The molecule has 1 atom stereocenters. The van der Waals surface area contributed by atoms with Gasteiger partial charge in [-0.2, -0.15) is 11.8 Å². The maximum atomic E-state index is 4.67. The standard InChI is InChI=1S/C14H18N2S2/c1-15-13(11-6-4-3-5-7-11)8-12-9-18-14(16-12)10-17-2/h3-7,9,13,15H,8,10H2,1-2H3. The largest absolute Gasteiger partial charge is 0.313 e. The predicted octanol–water partition coefficient (Wildman–Crippen LogP) is 3.51. The van der Waals surface area contributed by atoms with Crippen molar-refractivity contribution in [1.82, 2.24) is 10.3 Å². The van der Waals surface area contributed by atoms with Gasteiger partial charge in [0.25, 0.3) is 0 Å². The quantitative estimate of drug-likeness (QED) is 0.875. The first-order chi connectivity index (χ1) is 8.83. The summed E-state index contributed by atoms with van der Waals surface area (Å²) in [5, 5.41) is 6.77. The average Bonchev–Trinajstić information content (AvgIpc) is 2.85. The van der Waals surface area contributed by atoms with Gasteiger partial charge in [-0.15, -0.1) is 11.3 Å². The molecule has 2 rings (SSSR count). The van der Waals surface area contributed by atoms with Crippen LogP contribution in [0.5, 0.6) is 0 Å². The lowest BCUT2D eigenvalue weighted by Crippen LogP contribution is -2.18. The number of aromatic nitrogens is 1. The van der Waals surface area contributed by atoms with Gasteiger partial charge in [-0.05, 0) is 18.9 Å². The van der Waals surface area contributed by atoms with Crippen molar-refractivity contribution in [3.63, 3.8) is 0 Å². The molecule has 1 N–H and O–H groups in total. The van der Waals surface area contributed by atoms with E-state index in [1.54, 1.807) is 11.3 Å². The molecular formula is C14H18N2S2. The first kappa shape index (κ1) is 13.6.